The van der Waals surface area contributed by atoms with Crippen molar-refractivity contribution in [3.8, 4) is 0 Å². The minimum absolute atomic E-state index is 0.0966. The maximum atomic E-state index is 11.8. The molecule has 0 aromatic heterocycles. The lowest BCUT2D eigenvalue weighted by Crippen LogP contribution is -2.21. The Morgan fingerprint density at radius 1 is 1.14 bits per heavy atom. The first-order valence-electron chi connectivity index (χ1n) is 6.70. The standard InChI is InChI=1S/C16H15NO5/c18-15(10-12-4-2-1-3-5-12)11-22-16(19)13-6-8-14(9-7-13)17(20)21/h1-9,15,18H,10-11H2. The summed E-state index contributed by atoms with van der Waals surface area (Å²) in [5, 5.41) is 20.4. The molecule has 0 amide bonds. The molecule has 1 N–H and O–H groups in total. The lowest BCUT2D eigenvalue weighted by Gasteiger charge is -2.11. The number of nitro benzene ring substituents is 1. The van der Waals surface area contributed by atoms with Gasteiger partial charge in [0, 0.05) is 18.6 Å². The third-order valence-corrected chi connectivity index (χ3v) is 3.03. The van der Waals surface area contributed by atoms with Gasteiger partial charge in [-0.05, 0) is 17.7 Å². The normalized spacial score (nSPS) is 11.7. The van der Waals surface area contributed by atoms with Gasteiger partial charge in [0.1, 0.15) is 6.61 Å². The van der Waals surface area contributed by atoms with Crippen LogP contribution >= 0.6 is 0 Å². The second-order valence-electron chi connectivity index (χ2n) is 4.75. The summed E-state index contributed by atoms with van der Waals surface area (Å²) in [5.41, 5.74) is 1.06. The Labute approximate surface area is 127 Å². The van der Waals surface area contributed by atoms with Crippen molar-refractivity contribution in [2.45, 2.75) is 12.5 Å². The number of hydrogen-bond donors (Lipinski definition) is 1. The SMILES string of the molecule is O=C(OCC(O)Cc1ccccc1)c1ccc([N+](=O)[O-])cc1. The molecule has 2 aromatic rings. The lowest BCUT2D eigenvalue weighted by atomic mass is 10.1. The highest BCUT2D eigenvalue weighted by Gasteiger charge is 2.13. The van der Waals surface area contributed by atoms with Crippen LogP contribution < -0.4 is 0 Å². The number of hydrogen-bond acceptors (Lipinski definition) is 5. The number of nitro groups is 1. The minimum atomic E-state index is -0.801. The summed E-state index contributed by atoms with van der Waals surface area (Å²) < 4.78 is 5.00. The minimum Gasteiger partial charge on any atom is -0.459 e. The quantitative estimate of drug-likeness (QED) is 0.502. The van der Waals surface area contributed by atoms with Gasteiger partial charge in [-0.3, -0.25) is 10.1 Å². The Bertz CT molecular complexity index is 639. The summed E-state index contributed by atoms with van der Waals surface area (Å²) in [6.45, 7) is -0.134. The number of carbonyl (C=O) groups excluding carboxylic acids is 1. The summed E-state index contributed by atoms with van der Waals surface area (Å²) in [6.07, 6.45) is -0.418. The molecule has 0 fully saturated rings. The number of benzene rings is 2. The van der Waals surface area contributed by atoms with Gasteiger partial charge in [0.25, 0.3) is 5.69 Å². The Kier molecular flexibility index (Phi) is 5.21. The summed E-state index contributed by atoms with van der Waals surface area (Å²) >= 11 is 0. The second kappa shape index (κ2) is 7.33. The molecule has 22 heavy (non-hydrogen) atoms. The number of carbonyl (C=O) groups is 1. The van der Waals surface area contributed by atoms with Crippen LogP contribution in [0, 0.1) is 10.1 Å². The molecule has 0 bridgehead atoms. The maximum absolute atomic E-state index is 11.8. The molecule has 114 valence electrons. The Morgan fingerprint density at radius 3 is 2.36 bits per heavy atom. The van der Waals surface area contributed by atoms with Crippen molar-refractivity contribution in [2.75, 3.05) is 6.61 Å². The van der Waals surface area contributed by atoms with Crippen LogP contribution in [0.1, 0.15) is 15.9 Å². The Morgan fingerprint density at radius 2 is 1.77 bits per heavy atom. The van der Waals surface area contributed by atoms with E-state index in [1.54, 1.807) is 0 Å². The van der Waals surface area contributed by atoms with E-state index >= 15 is 0 Å². The zero-order chi connectivity index (χ0) is 15.9. The largest absolute Gasteiger partial charge is 0.459 e. The number of esters is 1. The van der Waals surface area contributed by atoms with Gasteiger partial charge in [-0.2, -0.15) is 0 Å². The summed E-state index contributed by atoms with van der Waals surface area (Å²) in [7, 11) is 0. The van der Waals surface area contributed by atoms with Crippen LogP contribution in [-0.4, -0.2) is 28.7 Å². The van der Waals surface area contributed by atoms with Gasteiger partial charge >= 0.3 is 5.97 Å². The zero-order valence-electron chi connectivity index (χ0n) is 11.7. The van der Waals surface area contributed by atoms with Gasteiger partial charge in [0.2, 0.25) is 0 Å². The predicted molar refractivity (Wildman–Crippen MR) is 79.5 cm³/mol. The third kappa shape index (κ3) is 4.39. The van der Waals surface area contributed by atoms with Crippen LogP contribution in [0.25, 0.3) is 0 Å². The molecule has 2 rings (SSSR count). The topological polar surface area (TPSA) is 89.7 Å². The smallest absolute Gasteiger partial charge is 0.338 e. The molecule has 0 heterocycles. The van der Waals surface area contributed by atoms with Crippen molar-refractivity contribution in [1.29, 1.82) is 0 Å². The first-order chi connectivity index (χ1) is 10.6. The Hall–Kier alpha value is -2.73. The molecule has 1 atom stereocenters. The molecule has 0 radical (unpaired) electrons. The fourth-order valence-electron chi connectivity index (χ4n) is 1.92. The average molecular weight is 301 g/mol. The van der Waals surface area contributed by atoms with E-state index in [-0.39, 0.29) is 17.9 Å². The molecule has 0 saturated carbocycles. The summed E-state index contributed by atoms with van der Waals surface area (Å²) in [6, 6.07) is 14.5. The first kappa shape index (κ1) is 15.7. The third-order valence-electron chi connectivity index (χ3n) is 3.03. The van der Waals surface area contributed by atoms with Crippen molar-refractivity contribution < 1.29 is 19.6 Å². The summed E-state index contributed by atoms with van der Waals surface area (Å²) in [4.78, 5) is 21.8. The van der Waals surface area contributed by atoms with E-state index in [9.17, 15) is 20.0 Å². The monoisotopic (exact) mass is 301 g/mol. The number of ether oxygens (including phenoxy) is 1. The van der Waals surface area contributed by atoms with Crippen molar-refractivity contribution in [2.24, 2.45) is 0 Å². The van der Waals surface area contributed by atoms with Crippen molar-refractivity contribution in [1.82, 2.24) is 0 Å². The van der Waals surface area contributed by atoms with E-state index in [2.05, 4.69) is 0 Å². The average Bonchev–Trinajstić information content (AvgIpc) is 2.53. The maximum Gasteiger partial charge on any atom is 0.338 e. The van der Waals surface area contributed by atoms with Crippen LogP contribution in [0.15, 0.2) is 54.6 Å². The van der Waals surface area contributed by atoms with Crippen molar-refractivity contribution in [3.63, 3.8) is 0 Å². The number of nitrogens with zero attached hydrogens (tertiary/aromatic N) is 1. The highest BCUT2D eigenvalue weighted by molar-refractivity contribution is 5.89. The van der Waals surface area contributed by atoms with Crippen LogP contribution in [0.2, 0.25) is 0 Å². The lowest BCUT2D eigenvalue weighted by molar-refractivity contribution is -0.384. The van der Waals surface area contributed by atoms with Gasteiger partial charge < -0.3 is 9.84 Å². The van der Waals surface area contributed by atoms with E-state index in [1.807, 2.05) is 30.3 Å². The van der Waals surface area contributed by atoms with E-state index in [4.69, 9.17) is 4.74 Å². The molecule has 1 unspecified atom stereocenters. The van der Waals surface area contributed by atoms with E-state index in [1.165, 1.54) is 24.3 Å². The number of rotatable bonds is 6. The fraction of sp³-hybridized carbons (Fsp3) is 0.188. The van der Waals surface area contributed by atoms with Gasteiger partial charge in [-0.15, -0.1) is 0 Å². The molecular weight excluding hydrogens is 286 g/mol. The van der Waals surface area contributed by atoms with Crippen molar-refractivity contribution >= 4 is 11.7 Å². The molecule has 0 saturated heterocycles. The molecule has 0 spiro atoms. The molecule has 0 aliphatic heterocycles. The highest BCUT2D eigenvalue weighted by atomic mass is 16.6. The molecule has 0 aliphatic rings. The molecule has 0 aliphatic carbocycles. The van der Waals surface area contributed by atoms with E-state index in [0.717, 1.165) is 5.56 Å². The molecule has 6 heteroatoms. The van der Waals surface area contributed by atoms with Gasteiger partial charge in [0.05, 0.1) is 16.6 Å². The van der Waals surface area contributed by atoms with Crippen molar-refractivity contribution in [3.05, 3.63) is 75.8 Å². The number of non-ortho nitro benzene ring substituents is 1. The summed E-state index contributed by atoms with van der Waals surface area (Å²) in [5.74, 6) is -0.623. The fourth-order valence-corrected chi connectivity index (χ4v) is 1.92. The molecule has 6 nitrogen and oxygen atoms in total. The predicted octanol–water partition coefficient (Wildman–Crippen LogP) is 2.36. The van der Waals surface area contributed by atoms with Crippen LogP contribution in [-0.2, 0) is 11.2 Å². The van der Waals surface area contributed by atoms with E-state index in [0.29, 0.717) is 6.42 Å². The van der Waals surface area contributed by atoms with Gasteiger partial charge in [-0.25, -0.2) is 4.79 Å². The van der Waals surface area contributed by atoms with E-state index < -0.39 is 17.0 Å². The zero-order valence-corrected chi connectivity index (χ0v) is 11.7. The first-order valence-corrected chi connectivity index (χ1v) is 6.70. The van der Waals surface area contributed by atoms with Gasteiger partial charge in [0.15, 0.2) is 0 Å². The van der Waals surface area contributed by atoms with Gasteiger partial charge in [-0.1, -0.05) is 30.3 Å². The second-order valence-corrected chi connectivity index (χ2v) is 4.75. The highest BCUT2D eigenvalue weighted by Crippen LogP contribution is 2.13. The van der Waals surface area contributed by atoms with Crippen LogP contribution in [0.5, 0.6) is 0 Å². The number of aliphatic hydroxyl groups excluding tert-OH is 1. The molecule has 2 aromatic carbocycles. The van der Waals surface area contributed by atoms with Crippen LogP contribution in [0.3, 0.4) is 0 Å². The Balaban J connectivity index is 1.85. The molecular formula is C16H15NO5. The number of aliphatic hydroxyl groups is 1. The van der Waals surface area contributed by atoms with Crippen LogP contribution in [0.4, 0.5) is 5.69 Å².